The summed E-state index contributed by atoms with van der Waals surface area (Å²) in [6.45, 7) is 0. The summed E-state index contributed by atoms with van der Waals surface area (Å²) in [6, 6.07) is 0. The van der Waals surface area contributed by atoms with E-state index in [4.69, 9.17) is 0 Å². The molecule has 0 bridgehead atoms. The van der Waals surface area contributed by atoms with Crippen LogP contribution in [0.15, 0.2) is 0 Å². The van der Waals surface area contributed by atoms with E-state index in [1.54, 1.807) is 0 Å². The molecule has 2 nitrogen and oxygen atoms in total. The standard InChI is InChI=1S/C3H5O2S.Na/c1-5-3(4)2-6;/h6H,1-2H2;/q-1;+1. The summed E-state index contributed by atoms with van der Waals surface area (Å²) in [4.78, 5) is 9.82. The molecule has 0 unspecified atom stereocenters. The van der Waals surface area contributed by atoms with Crippen LogP contribution < -0.4 is 29.6 Å². The molecule has 0 rings (SSSR count). The van der Waals surface area contributed by atoms with Crippen molar-refractivity contribution in [3.8, 4) is 0 Å². The Morgan fingerprint density at radius 1 is 1.86 bits per heavy atom. The van der Waals surface area contributed by atoms with Crippen molar-refractivity contribution < 1.29 is 39.1 Å². The molecule has 0 aromatic carbocycles. The van der Waals surface area contributed by atoms with E-state index in [2.05, 4.69) is 24.5 Å². The van der Waals surface area contributed by atoms with Crippen molar-refractivity contribution in [2.45, 2.75) is 0 Å². The van der Waals surface area contributed by atoms with E-state index in [1.807, 2.05) is 0 Å². The molecule has 0 N–H and O–H groups in total. The Morgan fingerprint density at radius 3 is 2.29 bits per heavy atom. The topological polar surface area (TPSA) is 26.3 Å². The third kappa shape index (κ3) is 6.82. The molecule has 0 spiro atoms. The second-order valence-corrected chi connectivity index (χ2v) is 0.991. The fourth-order valence-corrected chi connectivity index (χ4v) is 0.137. The molecule has 0 aromatic heterocycles. The zero-order valence-electron chi connectivity index (χ0n) is 4.18. The predicted molar refractivity (Wildman–Crippen MR) is 25.3 cm³/mol. The van der Waals surface area contributed by atoms with Gasteiger partial charge in [-0.15, -0.1) is 0 Å². The van der Waals surface area contributed by atoms with Crippen LogP contribution in [-0.4, -0.2) is 11.7 Å². The fraction of sp³-hybridized carbons (Fsp3) is 0.333. The summed E-state index contributed by atoms with van der Waals surface area (Å²) in [7, 11) is 2.86. The molecule has 0 saturated carbocycles. The van der Waals surface area contributed by atoms with Crippen LogP contribution in [0.4, 0.5) is 0 Å². The van der Waals surface area contributed by atoms with Crippen LogP contribution in [0.2, 0.25) is 0 Å². The fourth-order valence-electron chi connectivity index (χ4n) is 0.0456. The quantitative estimate of drug-likeness (QED) is 0.179. The average molecular weight is 128 g/mol. The van der Waals surface area contributed by atoms with Gasteiger partial charge in [0.15, 0.2) is 0 Å². The summed E-state index contributed by atoms with van der Waals surface area (Å²) in [5.41, 5.74) is 0. The van der Waals surface area contributed by atoms with Crippen LogP contribution >= 0.6 is 12.6 Å². The Hall–Kier alpha value is 0.820. The van der Waals surface area contributed by atoms with Gasteiger partial charge in [0.1, 0.15) is 0 Å². The van der Waals surface area contributed by atoms with Crippen LogP contribution in [0.3, 0.4) is 0 Å². The Balaban J connectivity index is 0. The number of rotatable bonds is 1. The largest absolute Gasteiger partial charge is 1.00 e. The molecule has 0 amide bonds. The maximum atomic E-state index is 9.82. The minimum Gasteiger partial charge on any atom is -0.640 e. The third-order valence-electron chi connectivity index (χ3n) is 0.290. The smallest absolute Gasteiger partial charge is 0.640 e. The van der Waals surface area contributed by atoms with Gasteiger partial charge in [-0.1, -0.05) is 0 Å². The Kier molecular flexibility index (Phi) is 10.5. The van der Waals surface area contributed by atoms with Crippen LogP contribution in [0.1, 0.15) is 0 Å². The number of carbonyl (C=O) groups excluding carboxylic acids is 1. The molecule has 0 aliphatic carbocycles. The van der Waals surface area contributed by atoms with Gasteiger partial charge >= 0.3 is 29.6 Å². The van der Waals surface area contributed by atoms with E-state index in [9.17, 15) is 4.79 Å². The van der Waals surface area contributed by atoms with Crippen molar-refractivity contribution in [3.05, 3.63) is 7.11 Å². The maximum absolute atomic E-state index is 9.82. The van der Waals surface area contributed by atoms with E-state index >= 15 is 0 Å². The molecule has 0 radical (unpaired) electrons. The molecule has 0 aliphatic rings. The number of ether oxygens (including phenoxy) is 1. The van der Waals surface area contributed by atoms with Crippen molar-refractivity contribution in [3.63, 3.8) is 0 Å². The maximum Gasteiger partial charge on any atom is 1.00 e. The minimum absolute atomic E-state index is 0. The summed E-state index contributed by atoms with van der Waals surface area (Å²) >= 11 is 3.58. The number of esters is 1. The monoisotopic (exact) mass is 128 g/mol. The van der Waals surface area contributed by atoms with Gasteiger partial charge < -0.3 is 4.74 Å². The molecular formula is C3H5NaO2S. The van der Waals surface area contributed by atoms with Gasteiger partial charge in [0.2, 0.25) is 0 Å². The Labute approximate surface area is 70.3 Å². The van der Waals surface area contributed by atoms with Crippen LogP contribution in [0.5, 0.6) is 0 Å². The van der Waals surface area contributed by atoms with Gasteiger partial charge in [-0.05, 0) is 0 Å². The van der Waals surface area contributed by atoms with Crippen molar-refractivity contribution in [1.29, 1.82) is 0 Å². The normalized spacial score (nSPS) is 6.57. The molecule has 36 valence electrons. The summed E-state index contributed by atoms with van der Waals surface area (Å²) < 4.78 is 3.93. The van der Waals surface area contributed by atoms with Gasteiger partial charge in [0.25, 0.3) is 5.97 Å². The number of hydrogen-bond acceptors (Lipinski definition) is 3. The molecule has 7 heavy (non-hydrogen) atoms. The molecule has 0 saturated heterocycles. The third-order valence-corrected chi connectivity index (χ3v) is 0.548. The SMILES string of the molecule is [CH2-]OC(=O)CS.[Na+]. The molecular weight excluding hydrogens is 123 g/mol. The zero-order valence-corrected chi connectivity index (χ0v) is 7.07. The number of hydrogen-bond donors (Lipinski definition) is 1. The van der Waals surface area contributed by atoms with Gasteiger partial charge in [-0.2, -0.15) is 19.7 Å². The van der Waals surface area contributed by atoms with Crippen molar-refractivity contribution >= 4 is 18.6 Å². The number of thiol groups is 1. The van der Waals surface area contributed by atoms with E-state index in [0.29, 0.717) is 0 Å². The van der Waals surface area contributed by atoms with Gasteiger partial charge in [0.05, 0.1) is 5.75 Å². The van der Waals surface area contributed by atoms with E-state index < -0.39 is 5.97 Å². The van der Waals surface area contributed by atoms with Crippen LogP contribution in [0, 0.1) is 7.11 Å². The average Bonchev–Trinajstić information content (AvgIpc) is 1.65. The van der Waals surface area contributed by atoms with E-state index in [-0.39, 0.29) is 35.3 Å². The number of carbonyl (C=O) groups is 1. The van der Waals surface area contributed by atoms with Gasteiger partial charge in [0, 0.05) is 0 Å². The summed E-state index contributed by atoms with van der Waals surface area (Å²) in [5, 5.41) is 0. The molecule has 0 aliphatic heterocycles. The Morgan fingerprint density at radius 2 is 2.29 bits per heavy atom. The molecule has 0 aromatic rings. The first kappa shape index (κ1) is 10.7. The van der Waals surface area contributed by atoms with Crippen molar-refractivity contribution in [2.75, 3.05) is 5.75 Å². The van der Waals surface area contributed by atoms with E-state index in [0.717, 1.165) is 0 Å². The minimum atomic E-state index is -0.404. The Bertz CT molecular complexity index is 50.9. The van der Waals surface area contributed by atoms with E-state index in [1.165, 1.54) is 0 Å². The molecule has 4 heteroatoms. The zero-order chi connectivity index (χ0) is 4.99. The summed E-state index contributed by atoms with van der Waals surface area (Å²) in [5.74, 6) is -0.304. The van der Waals surface area contributed by atoms with Crippen LogP contribution in [-0.2, 0) is 9.53 Å². The van der Waals surface area contributed by atoms with Crippen molar-refractivity contribution in [1.82, 2.24) is 0 Å². The molecule has 0 heterocycles. The second-order valence-electron chi connectivity index (χ2n) is 0.674. The first-order valence-corrected chi connectivity index (χ1v) is 2.00. The molecule has 0 atom stereocenters. The van der Waals surface area contributed by atoms with Crippen molar-refractivity contribution in [2.24, 2.45) is 0 Å². The first-order chi connectivity index (χ1) is 2.81. The summed E-state index contributed by atoms with van der Waals surface area (Å²) in [6.07, 6.45) is 0. The first-order valence-electron chi connectivity index (χ1n) is 1.37. The molecule has 0 fully saturated rings. The van der Waals surface area contributed by atoms with Gasteiger partial charge in [-0.3, -0.25) is 4.79 Å². The predicted octanol–water partition coefficient (Wildman–Crippen LogP) is -2.75. The van der Waals surface area contributed by atoms with Crippen LogP contribution in [0.25, 0.3) is 0 Å². The van der Waals surface area contributed by atoms with Gasteiger partial charge in [-0.25, -0.2) is 0 Å². The second kappa shape index (κ2) is 6.82.